The second-order valence-corrected chi connectivity index (χ2v) is 4.39. The van der Waals surface area contributed by atoms with Gasteiger partial charge in [-0.05, 0) is 29.8 Å². The number of benzene rings is 2. The first kappa shape index (κ1) is 13.3. The number of hydrogen-bond acceptors (Lipinski definition) is 3. The summed E-state index contributed by atoms with van der Waals surface area (Å²) >= 11 is 5.93. The molecule has 2 aromatic rings. The first-order valence-electron chi connectivity index (χ1n) is 5.86. The van der Waals surface area contributed by atoms with E-state index in [0.29, 0.717) is 12.3 Å². The Bertz CT molecular complexity index is 593. The van der Waals surface area contributed by atoms with Crippen molar-refractivity contribution in [2.24, 2.45) is 0 Å². The molecule has 0 saturated carbocycles. The van der Waals surface area contributed by atoms with Crippen molar-refractivity contribution in [2.45, 2.75) is 6.54 Å². The fraction of sp³-hybridized carbons (Fsp3) is 0.133. The van der Waals surface area contributed by atoms with Gasteiger partial charge in [-0.3, -0.25) is 0 Å². The van der Waals surface area contributed by atoms with Gasteiger partial charge < -0.3 is 10.1 Å². The third-order valence-electron chi connectivity index (χ3n) is 2.52. The Labute approximate surface area is 117 Å². The van der Waals surface area contributed by atoms with Crippen molar-refractivity contribution in [1.82, 2.24) is 0 Å². The second kappa shape index (κ2) is 6.67. The largest absolute Gasteiger partial charge is 0.479 e. The molecule has 0 fully saturated rings. The Morgan fingerprint density at radius 2 is 2.00 bits per heavy atom. The van der Waals surface area contributed by atoms with Crippen molar-refractivity contribution in [3.8, 4) is 11.8 Å². The smallest absolute Gasteiger partial charge is 0.174 e. The summed E-state index contributed by atoms with van der Waals surface area (Å²) in [7, 11) is 0. The highest BCUT2D eigenvalue weighted by Crippen LogP contribution is 2.18. The lowest BCUT2D eigenvalue weighted by Crippen LogP contribution is -2.00. The number of nitrogens with zero attached hydrogens (tertiary/aromatic N) is 1. The fourth-order valence-corrected chi connectivity index (χ4v) is 1.88. The maximum Gasteiger partial charge on any atom is 0.174 e. The molecule has 0 radical (unpaired) electrons. The lowest BCUT2D eigenvalue weighted by molar-refractivity contribution is 0.368. The van der Waals surface area contributed by atoms with E-state index in [1.807, 2.05) is 54.6 Å². The molecule has 0 atom stereocenters. The monoisotopic (exact) mass is 272 g/mol. The third-order valence-corrected chi connectivity index (χ3v) is 2.76. The summed E-state index contributed by atoms with van der Waals surface area (Å²) < 4.78 is 5.24. The molecule has 0 unspecified atom stereocenters. The van der Waals surface area contributed by atoms with Crippen LogP contribution in [0.5, 0.6) is 5.75 Å². The van der Waals surface area contributed by atoms with E-state index in [0.717, 1.165) is 16.3 Å². The fourth-order valence-electron chi connectivity index (χ4n) is 1.66. The Morgan fingerprint density at radius 1 is 1.16 bits per heavy atom. The van der Waals surface area contributed by atoms with Crippen LogP contribution >= 0.6 is 11.6 Å². The number of anilines is 1. The van der Waals surface area contributed by atoms with Gasteiger partial charge in [0.25, 0.3) is 0 Å². The van der Waals surface area contributed by atoms with Crippen molar-refractivity contribution in [3.63, 3.8) is 0 Å². The minimum absolute atomic E-state index is 0.0533. The highest BCUT2D eigenvalue weighted by Gasteiger charge is 1.98. The normalized spacial score (nSPS) is 9.68. The van der Waals surface area contributed by atoms with E-state index in [1.54, 1.807) is 0 Å². The van der Waals surface area contributed by atoms with Crippen LogP contribution in [0.25, 0.3) is 0 Å². The first-order valence-corrected chi connectivity index (χ1v) is 6.24. The van der Waals surface area contributed by atoms with Crippen LogP contribution in [0.15, 0.2) is 48.5 Å². The molecule has 3 nitrogen and oxygen atoms in total. The van der Waals surface area contributed by atoms with E-state index in [4.69, 9.17) is 21.6 Å². The van der Waals surface area contributed by atoms with E-state index >= 15 is 0 Å². The van der Waals surface area contributed by atoms with Crippen molar-refractivity contribution < 1.29 is 4.74 Å². The molecule has 0 aliphatic rings. The van der Waals surface area contributed by atoms with Gasteiger partial charge >= 0.3 is 0 Å². The number of nitriles is 1. The Morgan fingerprint density at radius 3 is 2.79 bits per heavy atom. The van der Waals surface area contributed by atoms with Crippen LogP contribution < -0.4 is 10.1 Å². The zero-order valence-electron chi connectivity index (χ0n) is 10.3. The maximum absolute atomic E-state index is 8.47. The average molecular weight is 273 g/mol. The molecule has 0 saturated heterocycles. The van der Waals surface area contributed by atoms with Crippen molar-refractivity contribution >= 4 is 17.3 Å². The topological polar surface area (TPSA) is 45.0 Å². The molecule has 2 rings (SSSR count). The summed E-state index contributed by atoms with van der Waals surface area (Å²) in [4.78, 5) is 0. The van der Waals surface area contributed by atoms with Crippen LogP contribution in [0.2, 0.25) is 5.02 Å². The molecule has 19 heavy (non-hydrogen) atoms. The molecular weight excluding hydrogens is 260 g/mol. The molecular formula is C15H13ClN2O. The van der Waals surface area contributed by atoms with Gasteiger partial charge in [0.2, 0.25) is 0 Å². The first-order chi connectivity index (χ1) is 9.28. The quantitative estimate of drug-likeness (QED) is 0.899. The Kier molecular flexibility index (Phi) is 4.66. The number of halogens is 1. The summed E-state index contributed by atoms with van der Waals surface area (Å²) in [5.41, 5.74) is 2.05. The molecule has 0 amide bonds. The van der Waals surface area contributed by atoms with Gasteiger partial charge in [0.05, 0.1) is 0 Å². The predicted molar refractivity (Wildman–Crippen MR) is 76.3 cm³/mol. The zero-order chi connectivity index (χ0) is 13.5. The molecule has 0 heterocycles. The number of nitrogens with one attached hydrogen (secondary N) is 1. The summed E-state index contributed by atoms with van der Waals surface area (Å²) in [6, 6.07) is 17.2. The summed E-state index contributed by atoms with van der Waals surface area (Å²) in [5.74, 6) is 0.678. The minimum atomic E-state index is 0.0533. The van der Waals surface area contributed by atoms with Gasteiger partial charge in [0.1, 0.15) is 11.8 Å². The molecule has 0 aliphatic heterocycles. The second-order valence-electron chi connectivity index (χ2n) is 3.96. The number of rotatable bonds is 5. The molecule has 2 aromatic carbocycles. The summed E-state index contributed by atoms with van der Waals surface area (Å²) in [5, 5.41) is 12.5. The van der Waals surface area contributed by atoms with Gasteiger partial charge in [0, 0.05) is 23.3 Å². The van der Waals surface area contributed by atoms with Crippen LogP contribution in [0, 0.1) is 11.3 Å². The number of ether oxygens (including phenoxy) is 1. The summed E-state index contributed by atoms with van der Waals surface area (Å²) in [6.45, 7) is 0.736. The third kappa shape index (κ3) is 4.20. The van der Waals surface area contributed by atoms with Crippen LogP contribution in [-0.4, -0.2) is 6.61 Å². The van der Waals surface area contributed by atoms with E-state index in [9.17, 15) is 0 Å². The van der Waals surface area contributed by atoms with Gasteiger partial charge in [0.15, 0.2) is 6.61 Å². The van der Waals surface area contributed by atoms with E-state index < -0.39 is 0 Å². The SMILES string of the molecule is N#CCOc1cccc(NCc2cccc(Cl)c2)c1. The molecule has 0 aromatic heterocycles. The van der Waals surface area contributed by atoms with Gasteiger partial charge in [-0.15, -0.1) is 0 Å². The average Bonchev–Trinajstić information content (AvgIpc) is 2.43. The Balaban J connectivity index is 1.98. The van der Waals surface area contributed by atoms with Gasteiger partial charge in [-0.1, -0.05) is 29.8 Å². The highest BCUT2D eigenvalue weighted by molar-refractivity contribution is 6.30. The van der Waals surface area contributed by atoms with E-state index in [-0.39, 0.29) is 6.61 Å². The molecule has 4 heteroatoms. The highest BCUT2D eigenvalue weighted by atomic mass is 35.5. The van der Waals surface area contributed by atoms with E-state index in [1.165, 1.54) is 0 Å². The van der Waals surface area contributed by atoms with Crippen LogP contribution in [0.3, 0.4) is 0 Å². The standard InChI is InChI=1S/C15H13ClN2O/c16-13-4-1-3-12(9-13)11-18-14-5-2-6-15(10-14)19-8-7-17/h1-6,9-10,18H,8,11H2. The van der Waals surface area contributed by atoms with Crippen LogP contribution in [0.4, 0.5) is 5.69 Å². The molecule has 1 N–H and O–H groups in total. The van der Waals surface area contributed by atoms with Crippen LogP contribution in [-0.2, 0) is 6.54 Å². The van der Waals surface area contributed by atoms with Crippen molar-refractivity contribution in [2.75, 3.05) is 11.9 Å². The van der Waals surface area contributed by atoms with E-state index in [2.05, 4.69) is 5.32 Å². The number of hydrogen-bond donors (Lipinski definition) is 1. The molecule has 96 valence electrons. The Hall–Kier alpha value is -2.18. The molecule has 0 spiro atoms. The minimum Gasteiger partial charge on any atom is -0.479 e. The van der Waals surface area contributed by atoms with Crippen molar-refractivity contribution in [3.05, 3.63) is 59.1 Å². The van der Waals surface area contributed by atoms with Gasteiger partial charge in [-0.2, -0.15) is 5.26 Å². The molecule has 0 bridgehead atoms. The van der Waals surface area contributed by atoms with Gasteiger partial charge in [-0.25, -0.2) is 0 Å². The van der Waals surface area contributed by atoms with Crippen LogP contribution in [0.1, 0.15) is 5.56 Å². The molecule has 0 aliphatic carbocycles. The predicted octanol–water partition coefficient (Wildman–Crippen LogP) is 3.85. The van der Waals surface area contributed by atoms with Crippen molar-refractivity contribution in [1.29, 1.82) is 5.26 Å². The zero-order valence-corrected chi connectivity index (χ0v) is 11.0. The maximum atomic E-state index is 8.47. The summed E-state index contributed by atoms with van der Waals surface area (Å²) in [6.07, 6.45) is 0. The lowest BCUT2D eigenvalue weighted by atomic mass is 10.2. The lowest BCUT2D eigenvalue weighted by Gasteiger charge is -2.08.